The van der Waals surface area contributed by atoms with Crippen molar-refractivity contribution in [1.29, 1.82) is 0 Å². The van der Waals surface area contributed by atoms with E-state index in [-0.39, 0.29) is 18.6 Å². The van der Waals surface area contributed by atoms with Crippen LogP contribution >= 0.6 is 11.6 Å². The molecule has 0 aliphatic carbocycles. The van der Waals surface area contributed by atoms with Crippen LogP contribution in [-0.4, -0.2) is 23.7 Å². The Balaban J connectivity index is 2.56. The molecule has 1 atom stereocenters. The lowest BCUT2D eigenvalue weighted by molar-refractivity contribution is -0.117. The van der Waals surface area contributed by atoms with Gasteiger partial charge in [0, 0.05) is 23.7 Å². The minimum absolute atomic E-state index is 0.00707. The van der Waals surface area contributed by atoms with Gasteiger partial charge in [-0.3, -0.25) is 4.79 Å². The summed E-state index contributed by atoms with van der Waals surface area (Å²) < 4.78 is 0. The summed E-state index contributed by atoms with van der Waals surface area (Å²) in [6.45, 7) is 4.11. The number of amides is 1. The average Bonchev–Trinajstić information content (AvgIpc) is 2.37. The number of carbonyl (C=O) groups excluding carboxylic acids is 1. The van der Waals surface area contributed by atoms with Crippen molar-refractivity contribution in [1.82, 2.24) is 5.32 Å². The first-order valence-electron chi connectivity index (χ1n) is 6.38. The molecule has 1 aromatic carbocycles. The number of aliphatic hydroxyl groups is 1. The zero-order chi connectivity index (χ0) is 14.3. The van der Waals surface area contributed by atoms with E-state index in [0.29, 0.717) is 17.4 Å². The second kappa shape index (κ2) is 7.97. The van der Waals surface area contributed by atoms with Crippen molar-refractivity contribution in [2.75, 3.05) is 6.61 Å². The Labute approximate surface area is 119 Å². The molecule has 1 aromatic rings. The molecule has 0 saturated heterocycles. The lowest BCUT2D eigenvalue weighted by atomic mass is 10.0. The molecular formula is C15H20ClNO2. The summed E-state index contributed by atoms with van der Waals surface area (Å²) in [5, 5.41) is 12.5. The topological polar surface area (TPSA) is 49.3 Å². The fourth-order valence-electron chi connectivity index (χ4n) is 1.69. The van der Waals surface area contributed by atoms with Crippen molar-refractivity contribution in [2.45, 2.75) is 26.3 Å². The maximum Gasteiger partial charge on any atom is 0.244 e. The summed E-state index contributed by atoms with van der Waals surface area (Å²) in [6.07, 6.45) is 3.80. The van der Waals surface area contributed by atoms with Crippen LogP contribution in [0.4, 0.5) is 0 Å². The third kappa shape index (κ3) is 5.90. The molecule has 0 bridgehead atoms. The Morgan fingerprint density at radius 1 is 1.37 bits per heavy atom. The summed E-state index contributed by atoms with van der Waals surface area (Å²) in [5.74, 6) is 0.141. The van der Waals surface area contributed by atoms with Crippen molar-refractivity contribution in [3.63, 3.8) is 0 Å². The molecule has 104 valence electrons. The number of hydrogen-bond donors (Lipinski definition) is 2. The number of halogens is 1. The first-order chi connectivity index (χ1) is 9.02. The van der Waals surface area contributed by atoms with Gasteiger partial charge in [0.15, 0.2) is 0 Å². The summed E-state index contributed by atoms with van der Waals surface area (Å²) in [5.41, 5.74) is 0.919. The number of hydrogen-bond acceptors (Lipinski definition) is 2. The van der Waals surface area contributed by atoms with Crippen LogP contribution in [0.1, 0.15) is 25.8 Å². The van der Waals surface area contributed by atoms with Gasteiger partial charge in [-0.25, -0.2) is 0 Å². The van der Waals surface area contributed by atoms with Crippen molar-refractivity contribution < 1.29 is 9.90 Å². The van der Waals surface area contributed by atoms with E-state index in [9.17, 15) is 4.79 Å². The van der Waals surface area contributed by atoms with Gasteiger partial charge in [0.1, 0.15) is 0 Å². The molecule has 1 rings (SSSR count). The minimum Gasteiger partial charge on any atom is -0.396 e. The second-order valence-corrected chi connectivity index (χ2v) is 5.19. The zero-order valence-corrected chi connectivity index (χ0v) is 12.0. The molecule has 1 amide bonds. The third-order valence-corrected chi connectivity index (χ3v) is 3.12. The first kappa shape index (κ1) is 15.7. The Morgan fingerprint density at radius 3 is 2.53 bits per heavy atom. The van der Waals surface area contributed by atoms with Crippen LogP contribution in [0.15, 0.2) is 30.3 Å². The third-order valence-electron chi connectivity index (χ3n) is 2.87. The summed E-state index contributed by atoms with van der Waals surface area (Å²) in [4.78, 5) is 11.8. The average molecular weight is 282 g/mol. The van der Waals surface area contributed by atoms with Crippen LogP contribution < -0.4 is 5.32 Å². The van der Waals surface area contributed by atoms with Crippen molar-refractivity contribution in [3.05, 3.63) is 40.9 Å². The molecule has 1 unspecified atom stereocenters. The largest absolute Gasteiger partial charge is 0.396 e. The van der Waals surface area contributed by atoms with Crippen LogP contribution in [0.3, 0.4) is 0 Å². The number of aliphatic hydroxyl groups excluding tert-OH is 1. The minimum atomic E-state index is -0.151. The van der Waals surface area contributed by atoms with E-state index >= 15 is 0 Å². The van der Waals surface area contributed by atoms with Gasteiger partial charge in [-0.2, -0.15) is 0 Å². The fourth-order valence-corrected chi connectivity index (χ4v) is 1.81. The van der Waals surface area contributed by atoms with Gasteiger partial charge in [0.05, 0.1) is 0 Å². The smallest absolute Gasteiger partial charge is 0.244 e. The van der Waals surface area contributed by atoms with E-state index in [2.05, 4.69) is 5.32 Å². The Morgan fingerprint density at radius 2 is 2.00 bits per heavy atom. The van der Waals surface area contributed by atoms with Crippen LogP contribution in [0.25, 0.3) is 6.08 Å². The molecule has 0 fully saturated rings. The summed E-state index contributed by atoms with van der Waals surface area (Å²) >= 11 is 5.79. The van der Waals surface area contributed by atoms with Crippen LogP contribution in [0.2, 0.25) is 5.02 Å². The van der Waals surface area contributed by atoms with Gasteiger partial charge in [-0.1, -0.05) is 37.6 Å². The van der Waals surface area contributed by atoms with E-state index in [4.69, 9.17) is 16.7 Å². The predicted octanol–water partition coefficient (Wildman–Crippen LogP) is 2.88. The molecule has 0 aliphatic rings. The Bertz CT molecular complexity index is 426. The van der Waals surface area contributed by atoms with Crippen LogP contribution in [0.5, 0.6) is 0 Å². The maximum absolute atomic E-state index is 11.8. The van der Waals surface area contributed by atoms with Gasteiger partial charge in [-0.05, 0) is 36.1 Å². The van der Waals surface area contributed by atoms with Crippen LogP contribution in [0, 0.1) is 5.92 Å². The van der Waals surface area contributed by atoms with Crippen molar-refractivity contribution in [3.8, 4) is 0 Å². The number of rotatable bonds is 6. The second-order valence-electron chi connectivity index (χ2n) is 4.76. The number of carbonyl (C=O) groups is 1. The van der Waals surface area contributed by atoms with Gasteiger partial charge >= 0.3 is 0 Å². The SMILES string of the molecule is CC(C)C(CCO)NC(=O)/C=C/c1ccc(Cl)cc1. The molecule has 0 radical (unpaired) electrons. The highest BCUT2D eigenvalue weighted by Gasteiger charge is 2.13. The molecule has 0 heterocycles. The zero-order valence-electron chi connectivity index (χ0n) is 11.3. The molecule has 19 heavy (non-hydrogen) atoms. The molecule has 0 aromatic heterocycles. The maximum atomic E-state index is 11.8. The van der Waals surface area contributed by atoms with Gasteiger partial charge < -0.3 is 10.4 Å². The quantitative estimate of drug-likeness (QED) is 0.788. The van der Waals surface area contributed by atoms with Gasteiger partial charge in [-0.15, -0.1) is 0 Å². The van der Waals surface area contributed by atoms with E-state index in [1.165, 1.54) is 6.08 Å². The fraction of sp³-hybridized carbons (Fsp3) is 0.400. The van der Waals surface area contributed by atoms with Crippen LogP contribution in [-0.2, 0) is 4.79 Å². The molecule has 0 aliphatic heterocycles. The van der Waals surface area contributed by atoms with E-state index in [1.807, 2.05) is 26.0 Å². The Hall–Kier alpha value is -1.32. The van der Waals surface area contributed by atoms with E-state index in [0.717, 1.165) is 5.56 Å². The summed E-state index contributed by atoms with van der Waals surface area (Å²) in [7, 11) is 0. The van der Waals surface area contributed by atoms with E-state index in [1.54, 1.807) is 18.2 Å². The highest BCUT2D eigenvalue weighted by atomic mass is 35.5. The van der Waals surface area contributed by atoms with Gasteiger partial charge in [0.25, 0.3) is 0 Å². The molecule has 4 heteroatoms. The van der Waals surface area contributed by atoms with Crippen molar-refractivity contribution >= 4 is 23.6 Å². The Kier molecular flexibility index (Phi) is 6.60. The van der Waals surface area contributed by atoms with Gasteiger partial charge in [0.2, 0.25) is 5.91 Å². The normalized spacial score (nSPS) is 12.9. The molecule has 0 saturated carbocycles. The lowest BCUT2D eigenvalue weighted by Gasteiger charge is -2.20. The highest BCUT2D eigenvalue weighted by Crippen LogP contribution is 2.10. The lowest BCUT2D eigenvalue weighted by Crippen LogP contribution is -2.38. The molecule has 0 spiro atoms. The number of benzene rings is 1. The highest BCUT2D eigenvalue weighted by molar-refractivity contribution is 6.30. The molecule has 3 nitrogen and oxygen atoms in total. The standard InChI is InChI=1S/C15H20ClNO2/c1-11(2)14(9-10-18)17-15(19)8-5-12-3-6-13(16)7-4-12/h3-8,11,14,18H,9-10H2,1-2H3,(H,17,19)/b8-5+. The molecular weight excluding hydrogens is 262 g/mol. The number of nitrogens with one attached hydrogen (secondary N) is 1. The van der Waals surface area contributed by atoms with E-state index < -0.39 is 0 Å². The predicted molar refractivity (Wildman–Crippen MR) is 79.0 cm³/mol. The monoisotopic (exact) mass is 281 g/mol. The molecule has 2 N–H and O–H groups in total. The first-order valence-corrected chi connectivity index (χ1v) is 6.75. The summed E-state index contributed by atoms with van der Waals surface area (Å²) in [6, 6.07) is 7.25. The van der Waals surface area contributed by atoms with Crippen molar-refractivity contribution in [2.24, 2.45) is 5.92 Å².